The molecule has 5 rings (SSSR count). The molecule has 0 bridgehead atoms. The smallest absolute Gasteiger partial charge is 0.300 e. The fourth-order valence-electron chi connectivity index (χ4n) is 11.7. The summed E-state index contributed by atoms with van der Waals surface area (Å²) in [4.78, 5) is 0. The van der Waals surface area contributed by atoms with E-state index in [4.69, 9.17) is 11.1 Å². The van der Waals surface area contributed by atoms with Gasteiger partial charge in [0, 0.05) is 12.4 Å². The third kappa shape index (κ3) is 4.07. The van der Waals surface area contributed by atoms with Crippen molar-refractivity contribution in [2.75, 3.05) is 12.4 Å². The molecule has 212 valence electrons. The van der Waals surface area contributed by atoms with E-state index >= 15 is 0 Å². The topological polar surface area (TPSA) is 92.1 Å². The minimum Gasteiger partial charge on any atom is -1.00 e. The summed E-state index contributed by atoms with van der Waals surface area (Å²) in [5.74, 6) is 3.72. The molecule has 0 saturated heterocycles. The number of aliphatic hydroxyl groups is 2. The Morgan fingerprint density at radius 3 is 2.27 bits per heavy atom. The van der Waals surface area contributed by atoms with E-state index in [1.165, 1.54) is 55.9 Å². The lowest BCUT2D eigenvalue weighted by Crippen LogP contribution is -3.00. The molecule has 10 atom stereocenters. The Morgan fingerprint density at radius 2 is 1.62 bits per heavy atom. The average Bonchev–Trinajstić information content (AvgIpc) is 3.21. The van der Waals surface area contributed by atoms with Gasteiger partial charge in [0.05, 0.1) is 6.10 Å². The van der Waals surface area contributed by atoms with E-state index in [9.17, 15) is 10.2 Å². The highest BCUT2D eigenvalue weighted by Crippen LogP contribution is 2.77. The predicted molar refractivity (Wildman–Crippen MR) is 150 cm³/mol. The first-order valence-electron chi connectivity index (χ1n) is 14.7. The van der Waals surface area contributed by atoms with Gasteiger partial charge in [-0.15, -0.1) is 0 Å². The van der Waals surface area contributed by atoms with Gasteiger partial charge in [-0.05, 0) is 133 Å². The number of halogens is 1. The van der Waals surface area contributed by atoms with E-state index in [2.05, 4.69) is 41.2 Å². The van der Waals surface area contributed by atoms with Crippen LogP contribution in [0.3, 0.4) is 0 Å². The molecule has 0 heterocycles. The van der Waals surface area contributed by atoms with Crippen LogP contribution >= 0.6 is 11.8 Å². The molecular formula is C31H53BrN2O2S. The Kier molecular flexibility index (Phi) is 7.93. The Labute approximate surface area is 240 Å². The number of amidine groups is 1. The number of fused-ring (bicyclic) bond motifs is 7. The zero-order chi connectivity index (χ0) is 26.3. The second-order valence-corrected chi connectivity index (χ2v) is 16.1. The molecule has 0 aromatic heterocycles. The van der Waals surface area contributed by atoms with Crippen LogP contribution in [0.5, 0.6) is 0 Å². The molecule has 5 saturated carbocycles. The molecule has 5 aliphatic carbocycles. The number of nitrogens with two attached hydrogens (primary N) is 2. The lowest BCUT2D eigenvalue weighted by molar-refractivity contribution is -0.249. The molecule has 2 unspecified atom stereocenters. The van der Waals surface area contributed by atoms with E-state index in [1.54, 1.807) is 0 Å². The largest absolute Gasteiger partial charge is 1.00 e. The molecule has 5 aliphatic rings. The highest BCUT2D eigenvalue weighted by atomic mass is 79.9. The first-order chi connectivity index (χ1) is 16.8. The van der Waals surface area contributed by atoms with Gasteiger partial charge < -0.3 is 27.2 Å². The lowest BCUT2D eigenvalue weighted by atomic mass is 9.32. The van der Waals surface area contributed by atoms with Crippen LogP contribution < -0.4 is 28.1 Å². The first kappa shape index (κ1) is 29.9. The van der Waals surface area contributed by atoms with Crippen molar-refractivity contribution in [1.29, 1.82) is 0 Å². The van der Waals surface area contributed by atoms with Crippen molar-refractivity contribution < 1.29 is 32.6 Å². The third-order valence-electron chi connectivity index (χ3n) is 13.8. The Balaban J connectivity index is 0.00000320. The molecule has 4 nitrogen and oxygen atoms in total. The van der Waals surface area contributed by atoms with Crippen molar-refractivity contribution in [3.63, 3.8) is 0 Å². The van der Waals surface area contributed by atoms with Crippen LogP contribution in [0.4, 0.5) is 0 Å². The van der Waals surface area contributed by atoms with Gasteiger partial charge in [0.15, 0.2) is 0 Å². The van der Waals surface area contributed by atoms with E-state index < -0.39 is 0 Å². The van der Waals surface area contributed by atoms with Crippen molar-refractivity contribution in [3.05, 3.63) is 12.2 Å². The van der Waals surface area contributed by atoms with Gasteiger partial charge in [0.2, 0.25) is 0 Å². The minimum absolute atomic E-state index is 0. The van der Waals surface area contributed by atoms with Crippen LogP contribution in [0, 0.1) is 56.7 Å². The van der Waals surface area contributed by atoms with Crippen LogP contribution in [0.25, 0.3) is 0 Å². The highest BCUT2D eigenvalue weighted by Gasteiger charge is 2.70. The molecule has 0 aromatic carbocycles. The van der Waals surface area contributed by atoms with Gasteiger partial charge in [-0.1, -0.05) is 46.8 Å². The second-order valence-electron chi connectivity index (χ2n) is 15.1. The zero-order valence-corrected chi connectivity index (χ0v) is 26.4. The van der Waals surface area contributed by atoms with E-state index in [-0.39, 0.29) is 39.3 Å². The summed E-state index contributed by atoms with van der Waals surface area (Å²) in [5.41, 5.74) is 8.02. The molecule has 0 amide bonds. The normalized spacial score (nSPS) is 50.0. The van der Waals surface area contributed by atoms with Crippen molar-refractivity contribution in [3.8, 4) is 0 Å². The van der Waals surface area contributed by atoms with E-state index in [1.807, 2.05) is 0 Å². The fourth-order valence-corrected chi connectivity index (χ4v) is 12.3. The summed E-state index contributed by atoms with van der Waals surface area (Å²) < 4.78 is 0. The summed E-state index contributed by atoms with van der Waals surface area (Å²) >= 11 is 1.52. The van der Waals surface area contributed by atoms with E-state index in [0.29, 0.717) is 52.2 Å². The summed E-state index contributed by atoms with van der Waals surface area (Å²) in [5, 5.41) is 28.0. The van der Waals surface area contributed by atoms with Gasteiger partial charge in [0.25, 0.3) is 5.17 Å². The average molecular weight is 598 g/mol. The maximum Gasteiger partial charge on any atom is 0.300 e. The van der Waals surface area contributed by atoms with Crippen molar-refractivity contribution >= 4 is 16.9 Å². The molecule has 0 aliphatic heterocycles. The monoisotopic (exact) mass is 596 g/mol. The van der Waals surface area contributed by atoms with Crippen LogP contribution in [-0.2, 0) is 0 Å². The molecule has 0 spiro atoms. The number of thioether (sulfide) groups is 1. The summed E-state index contributed by atoms with van der Waals surface area (Å²) in [6.45, 7) is 17.5. The fraction of sp³-hybridized carbons (Fsp3) is 0.903. The standard InChI is InChI=1S/C31H52N2O2S.BrH/c1-19(17-36-26(32)33)20-9-14-31(18-34)16-15-29(5)21(25(20)31)7-8-23-28(4)12-11-24(35)27(2,3)22(28)10-13-30(23,29)6;/h20-25,34-35H,1,7-18H2,2-6H3,(H3,32,33);1H/t20-,21+,22-,23?,24?,25+,28-,29+,30+,31+;/m0./s1. The summed E-state index contributed by atoms with van der Waals surface area (Å²) in [6, 6.07) is 0. The van der Waals surface area contributed by atoms with Crippen LogP contribution in [0.1, 0.15) is 98.8 Å². The van der Waals surface area contributed by atoms with Gasteiger partial charge in [0.1, 0.15) is 0 Å². The summed E-state index contributed by atoms with van der Waals surface area (Å²) in [7, 11) is 0. The molecule has 0 radical (unpaired) electrons. The molecule has 6 N–H and O–H groups in total. The second kappa shape index (κ2) is 9.80. The predicted octanol–water partition coefficient (Wildman–Crippen LogP) is 1.79. The van der Waals surface area contributed by atoms with Crippen molar-refractivity contribution in [2.45, 2.75) is 105 Å². The molecule has 0 aromatic rings. The first-order valence-corrected chi connectivity index (χ1v) is 15.7. The van der Waals surface area contributed by atoms with Crippen molar-refractivity contribution in [1.82, 2.24) is 0 Å². The van der Waals surface area contributed by atoms with Gasteiger partial charge in [-0.2, -0.15) is 0 Å². The van der Waals surface area contributed by atoms with Crippen molar-refractivity contribution in [2.24, 2.45) is 62.4 Å². The number of aliphatic hydroxyl groups excluding tert-OH is 2. The van der Waals surface area contributed by atoms with Crippen LogP contribution in [0.2, 0.25) is 0 Å². The SMILES string of the molecule is C=C(CSC(N)=[NH2+])[C@@H]1CC[C@]2(CO)CC[C@]3(C)[C@H](CCC4[C@@]5(C)CCC(O)C(C)(C)[C@@H]5CC[C@]43C)[C@@H]12.[Br-]. The third-order valence-corrected chi connectivity index (χ3v) is 14.7. The van der Waals surface area contributed by atoms with Gasteiger partial charge >= 0.3 is 0 Å². The molecule has 37 heavy (non-hydrogen) atoms. The minimum atomic E-state index is -0.172. The zero-order valence-electron chi connectivity index (χ0n) is 24.0. The molecule has 6 heteroatoms. The maximum atomic E-state index is 11.0. The summed E-state index contributed by atoms with van der Waals surface area (Å²) in [6.07, 6.45) is 11.7. The quantitative estimate of drug-likeness (QED) is 0.226. The number of hydrogen-bond donors (Lipinski definition) is 4. The van der Waals surface area contributed by atoms with Crippen LogP contribution in [-0.4, -0.2) is 33.8 Å². The maximum absolute atomic E-state index is 11.0. The Bertz CT molecular complexity index is 927. The van der Waals surface area contributed by atoms with Gasteiger partial charge in [-0.3, -0.25) is 11.1 Å². The van der Waals surface area contributed by atoms with Gasteiger partial charge in [-0.25, -0.2) is 0 Å². The molecular weight excluding hydrogens is 544 g/mol. The lowest BCUT2D eigenvalue weighted by Gasteiger charge is -2.73. The molecule has 5 fully saturated rings. The van der Waals surface area contributed by atoms with E-state index in [0.717, 1.165) is 31.4 Å². The highest BCUT2D eigenvalue weighted by molar-refractivity contribution is 8.13. The Hall–Kier alpha value is -0.0400. The number of hydrogen-bond acceptors (Lipinski definition) is 3. The Morgan fingerprint density at radius 1 is 0.919 bits per heavy atom. The van der Waals surface area contributed by atoms with Crippen LogP contribution in [0.15, 0.2) is 12.2 Å². The number of rotatable bonds is 4.